The Labute approximate surface area is 168 Å². The minimum Gasteiger partial charge on any atom is -0.459 e. The van der Waals surface area contributed by atoms with Crippen molar-refractivity contribution >= 4 is 27.5 Å². The summed E-state index contributed by atoms with van der Waals surface area (Å²) in [6.45, 7) is 10.6. The van der Waals surface area contributed by atoms with Gasteiger partial charge >= 0.3 is 11.7 Å². The molecule has 0 atom stereocenters. The van der Waals surface area contributed by atoms with Crippen LogP contribution in [-0.2, 0) is 22.6 Å². The van der Waals surface area contributed by atoms with Crippen LogP contribution < -0.4 is 16.6 Å². The number of hydrogen-bond acceptors (Lipinski definition) is 6. The summed E-state index contributed by atoms with van der Waals surface area (Å²) < 4.78 is 8.48. The van der Waals surface area contributed by atoms with E-state index in [1.807, 2.05) is 34.6 Å². The maximum atomic E-state index is 13.0. The zero-order chi connectivity index (χ0) is 20.6. The number of carbonyl (C=O) groups excluding carboxylic acids is 1. The van der Waals surface area contributed by atoms with E-state index < -0.39 is 5.60 Å². The number of ether oxygens (including phenoxy) is 1. The van der Waals surface area contributed by atoms with Crippen LogP contribution in [0.15, 0.2) is 9.59 Å². The summed E-state index contributed by atoms with van der Waals surface area (Å²) in [6.07, 6.45) is 2.60. The highest BCUT2D eigenvalue weighted by atomic mass is 32.1. The van der Waals surface area contributed by atoms with E-state index in [1.165, 1.54) is 15.9 Å². The molecule has 2 aromatic heterocycles. The normalized spacial score (nSPS) is 14.6. The number of rotatable bonds is 7. The van der Waals surface area contributed by atoms with Gasteiger partial charge in [0.2, 0.25) is 0 Å². The molecule has 28 heavy (non-hydrogen) atoms. The summed E-state index contributed by atoms with van der Waals surface area (Å²) in [5, 5.41) is 3.74. The molecule has 0 bridgehead atoms. The summed E-state index contributed by atoms with van der Waals surface area (Å²) in [7, 11) is 0. The predicted molar refractivity (Wildman–Crippen MR) is 111 cm³/mol. The molecular formula is C20H29N3O4S. The maximum Gasteiger partial charge on any atom is 0.332 e. The molecule has 1 saturated carbocycles. The highest BCUT2D eigenvalue weighted by molar-refractivity contribution is 7.18. The van der Waals surface area contributed by atoms with E-state index in [-0.39, 0.29) is 29.8 Å². The van der Waals surface area contributed by atoms with Crippen molar-refractivity contribution in [3.63, 3.8) is 0 Å². The van der Waals surface area contributed by atoms with Crippen LogP contribution in [0.3, 0.4) is 0 Å². The third-order valence-electron chi connectivity index (χ3n) is 4.68. The lowest BCUT2D eigenvalue weighted by molar-refractivity contribution is -0.153. The van der Waals surface area contributed by atoms with Gasteiger partial charge < -0.3 is 10.1 Å². The second-order valence-electron chi connectivity index (χ2n) is 8.36. The molecule has 2 heterocycles. The number of thiophene rings is 1. The Balaban J connectivity index is 1.91. The Hall–Kier alpha value is -1.93. The molecule has 2 aromatic rings. The fourth-order valence-electron chi connectivity index (χ4n) is 3.31. The van der Waals surface area contributed by atoms with Crippen molar-refractivity contribution in [2.24, 2.45) is 0 Å². The van der Waals surface area contributed by atoms with Gasteiger partial charge in [-0.1, -0.05) is 6.92 Å². The summed E-state index contributed by atoms with van der Waals surface area (Å²) in [5.41, 5.74) is -0.00421. The van der Waals surface area contributed by atoms with Crippen LogP contribution in [0.2, 0.25) is 0 Å². The molecule has 0 aromatic carbocycles. The molecule has 3 rings (SSSR count). The zero-order valence-electron chi connectivity index (χ0n) is 17.3. The Morgan fingerprint density at radius 3 is 2.54 bits per heavy atom. The average molecular weight is 408 g/mol. The van der Waals surface area contributed by atoms with Crippen LogP contribution >= 0.6 is 11.3 Å². The number of aryl methyl sites for hydroxylation is 2. The van der Waals surface area contributed by atoms with Gasteiger partial charge in [-0.2, -0.15) is 0 Å². The second-order valence-corrected chi connectivity index (χ2v) is 9.44. The van der Waals surface area contributed by atoms with Gasteiger partial charge in [-0.15, -0.1) is 11.3 Å². The van der Waals surface area contributed by atoms with E-state index in [1.54, 1.807) is 4.57 Å². The first-order valence-electron chi connectivity index (χ1n) is 9.84. The fraction of sp³-hybridized carbons (Fsp3) is 0.650. The molecule has 0 amide bonds. The first-order valence-corrected chi connectivity index (χ1v) is 10.7. The van der Waals surface area contributed by atoms with Crippen LogP contribution in [0.25, 0.3) is 10.2 Å². The van der Waals surface area contributed by atoms with Gasteiger partial charge in [0.25, 0.3) is 5.56 Å². The van der Waals surface area contributed by atoms with Crippen molar-refractivity contribution in [1.82, 2.24) is 14.5 Å². The van der Waals surface area contributed by atoms with E-state index in [4.69, 9.17) is 4.74 Å². The summed E-state index contributed by atoms with van der Waals surface area (Å²) in [5.74, 6) is -0.315. The van der Waals surface area contributed by atoms with Gasteiger partial charge in [0.05, 0.1) is 11.9 Å². The van der Waals surface area contributed by atoms with Crippen molar-refractivity contribution in [3.05, 3.63) is 31.3 Å². The topological polar surface area (TPSA) is 82.3 Å². The molecule has 1 N–H and O–H groups in total. The summed E-state index contributed by atoms with van der Waals surface area (Å²) in [6, 6.07) is 0.0422. The number of nitrogens with zero attached hydrogens (tertiary/aromatic N) is 2. The smallest absolute Gasteiger partial charge is 0.332 e. The van der Waals surface area contributed by atoms with Crippen molar-refractivity contribution < 1.29 is 9.53 Å². The number of nitrogens with one attached hydrogen (secondary N) is 1. The third-order valence-corrected chi connectivity index (χ3v) is 5.99. The average Bonchev–Trinajstić information content (AvgIpc) is 3.35. The number of hydrogen-bond donors (Lipinski definition) is 1. The van der Waals surface area contributed by atoms with Gasteiger partial charge in [0.1, 0.15) is 10.4 Å². The van der Waals surface area contributed by atoms with E-state index in [2.05, 4.69) is 5.32 Å². The zero-order valence-corrected chi connectivity index (χ0v) is 18.1. The van der Waals surface area contributed by atoms with Gasteiger partial charge in [-0.05, 0) is 52.5 Å². The lowest BCUT2D eigenvalue weighted by Crippen LogP contribution is -2.39. The van der Waals surface area contributed by atoms with Crippen LogP contribution in [0.5, 0.6) is 0 Å². The molecule has 0 saturated heterocycles. The molecule has 0 unspecified atom stereocenters. The first kappa shape index (κ1) is 20.8. The standard InChI is InChI=1S/C20H29N3O4S/c1-6-9-22-18-16(17(25)23(19(22)26)13-7-8-13)12(2)14(28-18)10-21-11-15(24)27-20(3,4)5/h13,21H,6-11H2,1-5H3. The molecule has 0 spiro atoms. The largest absolute Gasteiger partial charge is 0.459 e. The predicted octanol–water partition coefficient (Wildman–Crippen LogP) is 2.71. The van der Waals surface area contributed by atoms with E-state index in [0.717, 1.165) is 34.5 Å². The highest BCUT2D eigenvalue weighted by Crippen LogP contribution is 2.34. The number of esters is 1. The molecule has 0 radical (unpaired) electrons. The molecule has 7 nitrogen and oxygen atoms in total. The van der Waals surface area contributed by atoms with Crippen molar-refractivity contribution in [2.75, 3.05) is 6.54 Å². The molecule has 0 aliphatic heterocycles. The first-order chi connectivity index (χ1) is 13.1. The summed E-state index contributed by atoms with van der Waals surface area (Å²) >= 11 is 1.46. The quantitative estimate of drug-likeness (QED) is 0.714. The molecule has 154 valence electrons. The van der Waals surface area contributed by atoms with Crippen LogP contribution in [0.1, 0.15) is 63.4 Å². The van der Waals surface area contributed by atoms with Crippen molar-refractivity contribution in [2.45, 2.75) is 78.6 Å². The Bertz CT molecular complexity index is 1010. The minimum atomic E-state index is -0.517. The van der Waals surface area contributed by atoms with Gasteiger partial charge in [0.15, 0.2) is 0 Å². The highest BCUT2D eigenvalue weighted by Gasteiger charge is 2.30. The molecule has 8 heteroatoms. The number of aromatic nitrogens is 2. The van der Waals surface area contributed by atoms with E-state index in [0.29, 0.717) is 18.5 Å². The second kappa shape index (κ2) is 7.83. The van der Waals surface area contributed by atoms with Crippen LogP contribution in [0.4, 0.5) is 0 Å². The summed E-state index contributed by atoms with van der Waals surface area (Å²) in [4.78, 5) is 39.5. The molecule has 1 aliphatic carbocycles. The van der Waals surface area contributed by atoms with Gasteiger partial charge in [-0.3, -0.25) is 18.7 Å². The SMILES string of the molecule is CCCn1c(=O)n(C2CC2)c(=O)c2c(C)c(CNCC(=O)OC(C)(C)C)sc21. The fourth-order valence-corrected chi connectivity index (χ4v) is 4.59. The van der Waals surface area contributed by atoms with E-state index >= 15 is 0 Å². The van der Waals surface area contributed by atoms with Gasteiger partial charge in [-0.25, -0.2) is 4.79 Å². The minimum absolute atomic E-state index is 0.0422. The Kier molecular flexibility index (Phi) is 5.82. The van der Waals surface area contributed by atoms with Crippen LogP contribution in [0, 0.1) is 6.92 Å². The van der Waals surface area contributed by atoms with Crippen molar-refractivity contribution in [1.29, 1.82) is 0 Å². The number of carbonyl (C=O) groups is 1. The Morgan fingerprint density at radius 1 is 1.29 bits per heavy atom. The lowest BCUT2D eigenvalue weighted by atomic mass is 10.2. The van der Waals surface area contributed by atoms with E-state index in [9.17, 15) is 14.4 Å². The Morgan fingerprint density at radius 2 is 1.96 bits per heavy atom. The lowest BCUT2D eigenvalue weighted by Gasteiger charge is -2.19. The van der Waals surface area contributed by atoms with Crippen LogP contribution in [-0.4, -0.2) is 27.2 Å². The van der Waals surface area contributed by atoms with Crippen molar-refractivity contribution in [3.8, 4) is 0 Å². The molecule has 1 aliphatic rings. The molecule has 1 fully saturated rings. The third kappa shape index (κ3) is 4.22. The molecular weight excluding hydrogens is 378 g/mol. The van der Waals surface area contributed by atoms with Gasteiger partial charge in [0, 0.05) is 24.0 Å². The maximum absolute atomic E-state index is 13.0. The monoisotopic (exact) mass is 407 g/mol. The number of fused-ring (bicyclic) bond motifs is 1.